The molecule has 8 heteroatoms. The highest BCUT2D eigenvalue weighted by Crippen LogP contribution is 2.26. The summed E-state index contributed by atoms with van der Waals surface area (Å²) in [6.07, 6.45) is 14.0. The van der Waals surface area contributed by atoms with Gasteiger partial charge in [-0.2, -0.15) is 0 Å². The van der Waals surface area contributed by atoms with E-state index in [-0.39, 0.29) is 18.5 Å². The lowest BCUT2D eigenvalue weighted by molar-refractivity contribution is -0.161. The summed E-state index contributed by atoms with van der Waals surface area (Å²) < 4.78 is 10.9. The van der Waals surface area contributed by atoms with Crippen molar-refractivity contribution in [2.24, 2.45) is 17.2 Å². The number of rotatable bonds is 19. The molecule has 0 aliphatic carbocycles. The van der Waals surface area contributed by atoms with Crippen LogP contribution in [-0.2, 0) is 20.9 Å². The van der Waals surface area contributed by atoms with E-state index in [0.717, 1.165) is 24.8 Å². The SMILES string of the molecule is CCCCCCCCCCCCCCC(N)(C(=O)Oc1ccccc1)C(N)(N)C(=O)OCc1ccccc1.O. The largest absolute Gasteiger partial charge is 0.458 e. The van der Waals surface area contributed by atoms with E-state index >= 15 is 0 Å². The van der Waals surface area contributed by atoms with Gasteiger partial charge in [0.1, 0.15) is 12.4 Å². The third kappa shape index (κ3) is 11.5. The lowest BCUT2D eigenvalue weighted by Crippen LogP contribution is -2.79. The van der Waals surface area contributed by atoms with E-state index in [0.29, 0.717) is 12.2 Å². The third-order valence-electron chi connectivity index (χ3n) is 7.03. The van der Waals surface area contributed by atoms with Crippen molar-refractivity contribution in [3.63, 3.8) is 0 Å². The van der Waals surface area contributed by atoms with Crippen LogP contribution < -0.4 is 21.9 Å². The number of carbonyl (C=O) groups excluding carboxylic acids is 2. The van der Waals surface area contributed by atoms with Crippen LogP contribution >= 0.6 is 0 Å². The highest BCUT2D eigenvalue weighted by Gasteiger charge is 2.56. The molecule has 39 heavy (non-hydrogen) atoms. The van der Waals surface area contributed by atoms with Gasteiger partial charge in [0.2, 0.25) is 0 Å². The van der Waals surface area contributed by atoms with Crippen molar-refractivity contribution in [3.8, 4) is 5.75 Å². The van der Waals surface area contributed by atoms with Crippen molar-refractivity contribution in [3.05, 3.63) is 66.2 Å². The lowest BCUT2D eigenvalue weighted by atomic mass is 9.80. The second kappa shape index (κ2) is 18.5. The Morgan fingerprint density at radius 2 is 1.13 bits per heavy atom. The Labute approximate surface area is 233 Å². The maximum atomic E-state index is 13.3. The van der Waals surface area contributed by atoms with Crippen LogP contribution in [0, 0.1) is 0 Å². The van der Waals surface area contributed by atoms with E-state index in [2.05, 4.69) is 6.92 Å². The van der Waals surface area contributed by atoms with Gasteiger partial charge in [-0.15, -0.1) is 0 Å². The van der Waals surface area contributed by atoms with Gasteiger partial charge in [0.05, 0.1) is 0 Å². The molecular weight excluding hydrogens is 494 g/mol. The van der Waals surface area contributed by atoms with Crippen molar-refractivity contribution in [1.82, 2.24) is 0 Å². The highest BCUT2D eigenvalue weighted by atomic mass is 16.5. The predicted octanol–water partition coefficient (Wildman–Crippen LogP) is 4.91. The maximum absolute atomic E-state index is 13.3. The summed E-state index contributed by atoms with van der Waals surface area (Å²) in [5.41, 5.74) is 15.6. The summed E-state index contributed by atoms with van der Waals surface area (Å²) in [6, 6.07) is 17.7. The van der Waals surface area contributed by atoms with Crippen molar-refractivity contribution in [2.75, 3.05) is 0 Å². The van der Waals surface area contributed by atoms with E-state index in [1.165, 1.54) is 51.4 Å². The molecule has 0 aromatic heterocycles. The summed E-state index contributed by atoms with van der Waals surface area (Å²) in [5.74, 6) is -1.50. The van der Waals surface area contributed by atoms with Crippen LogP contribution in [0.2, 0.25) is 0 Å². The standard InChI is InChI=1S/C31H47N3O4.H2O/c1-2-3-4-5-6-7-8-9-10-11-12-19-24-30(32,28(35)38-27-22-17-14-18-23-27)31(33,34)29(36)37-25-26-20-15-13-16-21-26;/h13-18,20-23H,2-12,19,24-25,32-34H2,1H3;1H2. The van der Waals surface area contributed by atoms with Gasteiger partial charge in [0.15, 0.2) is 11.2 Å². The fraction of sp³-hybridized carbons (Fsp3) is 0.548. The molecule has 0 saturated carbocycles. The van der Waals surface area contributed by atoms with Gasteiger partial charge in [-0.25, -0.2) is 9.59 Å². The fourth-order valence-electron chi connectivity index (χ4n) is 4.43. The number of benzene rings is 2. The second-order valence-electron chi connectivity index (χ2n) is 10.2. The molecular formula is C31H49N3O5. The van der Waals surface area contributed by atoms with E-state index < -0.39 is 23.1 Å². The van der Waals surface area contributed by atoms with Crippen LogP contribution in [-0.4, -0.2) is 28.6 Å². The van der Waals surface area contributed by atoms with Gasteiger partial charge in [-0.3, -0.25) is 0 Å². The number of hydrogen-bond acceptors (Lipinski definition) is 7. The number of nitrogens with two attached hydrogens (primary N) is 3. The molecule has 0 fully saturated rings. The quantitative estimate of drug-likeness (QED) is 0.0980. The highest BCUT2D eigenvalue weighted by molar-refractivity contribution is 5.94. The zero-order valence-corrected chi connectivity index (χ0v) is 23.5. The minimum Gasteiger partial charge on any atom is -0.458 e. The van der Waals surface area contributed by atoms with Gasteiger partial charge in [0.25, 0.3) is 0 Å². The number of carbonyl (C=O) groups is 2. The Kier molecular flexibility index (Phi) is 16.2. The Morgan fingerprint density at radius 3 is 1.64 bits per heavy atom. The second-order valence-corrected chi connectivity index (χ2v) is 10.2. The van der Waals surface area contributed by atoms with E-state index in [1.807, 2.05) is 30.3 Å². The van der Waals surface area contributed by atoms with Crippen molar-refractivity contribution >= 4 is 11.9 Å². The van der Waals surface area contributed by atoms with Gasteiger partial charge < -0.3 is 32.2 Å². The van der Waals surface area contributed by atoms with E-state index in [1.54, 1.807) is 30.3 Å². The first-order valence-corrected chi connectivity index (χ1v) is 14.2. The Balaban J connectivity index is 0.00000760. The van der Waals surface area contributed by atoms with E-state index in [9.17, 15) is 9.59 Å². The van der Waals surface area contributed by atoms with Crippen LogP contribution in [0.15, 0.2) is 60.7 Å². The Bertz CT molecular complexity index is 940. The number of para-hydroxylation sites is 1. The summed E-state index contributed by atoms with van der Waals surface area (Å²) in [7, 11) is 0. The molecule has 8 N–H and O–H groups in total. The molecule has 0 heterocycles. The number of hydrogen-bond donors (Lipinski definition) is 3. The van der Waals surface area contributed by atoms with E-state index in [4.69, 9.17) is 26.7 Å². The minimum atomic E-state index is -2.27. The number of ether oxygens (including phenoxy) is 2. The molecule has 0 radical (unpaired) electrons. The summed E-state index contributed by atoms with van der Waals surface area (Å²) >= 11 is 0. The molecule has 2 rings (SSSR count). The lowest BCUT2D eigenvalue weighted by Gasteiger charge is -2.38. The minimum absolute atomic E-state index is 0. The molecule has 0 aliphatic rings. The van der Waals surface area contributed by atoms with Crippen LogP contribution in [0.25, 0.3) is 0 Å². The first-order valence-electron chi connectivity index (χ1n) is 14.2. The van der Waals surface area contributed by atoms with Crippen molar-refractivity contribution in [2.45, 2.75) is 108 Å². The zero-order chi connectivity index (χ0) is 27.7. The summed E-state index contributed by atoms with van der Waals surface area (Å²) in [4.78, 5) is 26.3. The van der Waals surface area contributed by atoms with Gasteiger partial charge >= 0.3 is 11.9 Å². The first kappa shape index (κ1) is 34.2. The molecule has 8 nitrogen and oxygen atoms in total. The molecule has 0 amide bonds. The third-order valence-corrected chi connectivity index (χ3v) is 7.03. The molecule has 0 bridgehead atoms. The van der Waals surface area contributed by atoms with Crippen LogP contribution in [0.4, 0.5) is 0 Å². The molecule has 0 spiro atoms. The number of esters is 2. The Morgan fingerprint density at radius 1 is 0.667 bits per heavy atom. The maximum Gasteiger partial charge on any atom is 0.343 e. The smallest absolute Gasteiger partial charge is 0.343 e. The van der Waals surface area contributed by atoms with Crippen LogP contribution in [0.3, 0.4) is 0 Å². The molecule has 2 aromatic rings. The monoisotopic (exact) mass is 543 g/mol. The molecule has 1 atom stereocenters. The fourth-order valence-corrected chi connectivity index (χ4v) is 4.43. The van der Waals surface area contributed by atoms with Crippen LogP contribution in [0.5, 0.6) is 5.75 Å². The predicted molar refractivity (Wildman–Crippen MR) is 156 cm³/mol. The average Bonchev–Trinajstić information content (AvgIpc) is 2.93. The Hall–Kier alpha value is -2.78. The first-order chi connectivity index (χ1) is 18.3. The molecule has 218 valence electrons. The topological polar surface area (TPSA) is 162 Å². The van der Waals surface area contributed by atoms with Crippen molar-refractivity contribution < 1.29 is 24.5 Å². The molecule has 2 aromatic carbocycles. The summed E-state index contributed by atoms with van der Waals surface area (Å²) in [6.45, 7) is 2.21. The number of unbranched alkanes of at least 4 members (excludes halogenated alkanes) is 11. The molecule has 1 unspecified atom stereocenters. The van der Waals surface area contributed by atoms with Gasteiger partial charge in [0, 0.05) is 0 Å². The average molecular weight is 544 g/mol. The zero-order valence-electron chi connectivity index (χ0n) is 23.5. The van der Waals surface area contributed by atoms with Crippen molar-refractivity contribution in [1.29, 1.82) is 0 Å². The molecule has 0 aliphatic heterocycles. The van der Waals surface area contributed by atoms with Gasteiger partial charge in [-0.05, 0) is 24.1 Å². The normalized spacial score (nSPS) is 12.7. The van der Waals surface area contributed by atoms with Crippen LogP contribution in [0.1, 0.15) is 96.0 Å². The van der Waals surface area contributed by atoms with Gasteiger partial charge in [-0.1, -0.05) is 133 Å². The molecule has 0 saturated heterocycles. The summed E-state index contributed by atoms with van der Waals surface area (Å²) in [5, 5.41) is 0.